The van der Waals surface area contributed by atoms with Gasteiger partial charge >= 0.3 is 0 Å². The second-order valence-electron chi connectivity index (χ2n) is 7.63. The first-order valence-corrected chi connectivity index (χ1v) is 9.22. The number of fused-ring (bicyclic) bond motifs is 2. The molecular formula is C19H27N3O4. The van der Waals surface area contributed by atoms with Gasteiger partial charge in [0.25, 0.3) is 0 Å². The van der Waals surface area contributed by atoms with Crippen LogP contribution in [0, 0.1) is 0 Å². The molecule has 0 saturated carbocycles. The predicted octanol–water partition coefficient (Wildman–Crippen LogP) is 0.136. The van der Waals surface area contributed by atoms with Crippen LogP contribution in [-0.2, 0) is 20.8 Å². The molecule has 1 aromatic carbocycles. The fourth-order valence-electron chi connectivity index (χ4n) is 4.67. The molecule has 0 aliphatic carbocycles. The first kappa shape index (κ1) is 17.7. The third-order valence-electron chi connectivity index (χ3n) is 5.80. The lowest BCUT2D eigenvalue weighted by atomic mass is 9.82. The van der Waals surface area contributed by atoms with E-state index in [9.17, 15) is 9.90 Å². The van der Waals surface area contributed by atoms with E-state index in [1.165, 1.54) is 0 Å². The molecule has 0 unspecified atom stereocenters. The van der Waals surface area contributed by atoms with Gasteiger partial charge in [0, 0.05) is 51.9 Å². The van der Waals surface area contributed by atoms with Gasteiger partial charge in [-0.25, -0.2) is 0 Å². The average molecular weight is 361 g/mol. The van der Waals surface area contributed by atoms with E-state index in [0.717, 1.165) is 44.9 Å². The van der Waals surface area contributed by atoms with E-state index in [2.05, 4.69) is 9.80 Å². The zero-order valence-corrected chi connectivity index (χ0v) is 15.3. The summed E-state index contributed by atoms with van der Waals surface area (Å²) >= 11 is 0. The fourth-order valence-corrected chi connectivity index (χ4v) is 4.67. The van der Waals surface area contributed by atoms with Crippen molar-refractivity contribution in [2.24, 2.45) is 0 Å². The number of nitrogens with zero attached hydrogens (tertiary/aromatic N) is 3. The maximum atomic E-state index is 12.4. The van der Waals surface area contributed by atoms with E-state index in [1.54, 1.807) is 13.2 Å². The summed E-state index contributed by atoms with van der Waals surface area (Å²) in [5, 5.41) is 10.0. The van der Waals surface area contributed by atoms with Crippen molar-refractivity contribution in [3.63, 3.8) is 0 Å². The maximum absolute atomic E-state index is 12.4. The molecule has 3 saturated heterocycles. The summed E-state index contributed by atoms with van der Waals surface area (Å²) in [6.45, 7) is 6.46. The Morgan fingerprint density at radius 2 is 2.15 bits per heavy atom. The summed E-state index contributed by atoms with van der Waals surface area (Å²) in [5.41, 5.74) is 0.935. The van der Waals surface area contributed by atoms with Gasteiger partial charge < -0.3 is 19.5 Å². The van der Waals surface area contributed by atoms with Gasteiger partial charge in [0.2, 0.25) is 5.91 Å². The first-order valence-electron chi connectivity index (χ1n) is 9.22. The quantitative estimate of drug-likeness (QED) is 0.823. The van der Waals surface area contributed by atoms with E-state index < -0.39 is 0 Å². The molecule has 0 radical (unpaired) electrons. The molecule has 3 aliphatic rings. The van der Waals surface area contributed by atoms with Gasteiger partial charge in [0.1, 0.15) is 12.4 Å². The maximum Gasteiger partial charge on any atom is 0.248 e. The molecule has 142 valence electrons. The van der Waals surface area contributed by atoms with Crippen LogP contribution in [0.5, 0.6) is 5.75 Å². The number of ether oxygens (including phenoxy) is 2. The molecule has 26 heavy (non-hydrogen) atoms. The van der Waals surface area contributed by atoms with Crippen molar-refractivity contribution in [2.75, 3.05) is 59.7 Å². The van der Waals surface area contributed by atoms with Crippen molar-refractivity contribution in [2.45, 2.75) is 18.1 Å². The summed E-state index contributed by atoms with van der Waals surface area (Å²) in [6, 6.07) is 7.75. The Balaban J connectivity index is 1.47. The number of morpholine rings is 1. The van der Waals surface area contributed by atoms with Crippen LogP contribution in [0.4, 0.5) is 0 Å². The van der Waals surface area contributed by atoms with Gasteiger partial charge in [0.15, 0.2) is 0 Å². The monoisotopic (exact) mass is 361 g/mol. The van der Waals surface area contributed by atoms with E-state index >= 15 is 0 Å². The molecule has 3 heterocycles. The highest BCUT2D eigenvalue weighted by atomic mass is 16.5. The van der Waals surface area contributed by atoms with E-state index in [0.29, 0.717) is 18.9 Å². The molecule has 7 heteroatoms. The molecule has 1 N–H and O–H groups in total. The largest absolute Gasteiger partial charge is 0.508 e. The van der Waals surface area contributed by atoms with Crippen LogP contribution in [0.2, 0.25) is 0 Å². The number of phenols is 1. The third kappa shape index (κ3) is 3.20. The lowest BCUT2D eigenvalue weighted by Crippen LogP contribution is -2.80. The van der Waals surface area contributed by atoms with Crippen LogP contribution in [0.1, 0.15) is 5.56 Å². The second kappa shape index (κ2) is 7.15. The molecule has 4 rings (SSSR count). The second-order valence-corrected chi connectivity index (χ2v) is 7.63. The Bertz CT molecular complexity index is 662. The molecule has 1 aromatic rings. The molecule has 3 fully saturated rings. The number of rotatable bonds is 4. The van der Waals surface area contributed by atoms with Gasteiger partial charge in [-0.1, -0.05) is 18.2 Å². The first-order chi connectivity index (χ1) is 12.6. The molecule has 0 aromatic heterocycles. The molecule has 1 amide bonds. The normalized spacial score (nSPS) is 25.7. The Labute approximate surface area is 154 Å². The number of hydrogen-bond acceptors (Lipinski definition) is 6. The minimum absolute atomic E-state index is 0.0134. The Hall–Kier alpha value is -1.67. The summed E-state index contributed by atoms with van der Waals surface area (Å²) in [7, 11) is 1.56. The lowest BCUT2D eigenvalue weighted by Gasteiger charge is -2.63. The number of amides is 1. The zero-order valence-electron chi connectivity index (χ0n) is 15.3. The van der Waals surface area contributed by atoms with E-state index in [1.807, 2.05) is 23.1 Å². The molecule has 1 atom stereocenters. The number of hydrogen-bond donors (Lipinski definition) is 1. The highest BCUT2D eigenvalue weighted by molar-refractivity contribution is 5.77. The minimum atomic E-state index is -0.0134. The Kier molecular flexibility index (Phi) is 4.88. The highest BCUT2D eigenvalue weighted by Gasteiger charge is 2.54. The van der Waals surface area contributed by atoms with Crippen LogP contribution in [-0.4, -0.2) is 96.9 Å². The number of carbonyl (C=O) groups excluding carboxylic acids is 1. The minimum Gasteiger partial charge on any atom is -0.508 e. The summed E-state index contributed by atoms with van der Waals surface area (Å²) < 4.78 is 10.7. The molecule has 0 bridgehead atoms. The average Bonchev–Trinajstić information content (AvgIpc) is 2.62. The van der Waals surface area contributed by atoms with Crippen LogP contribution < -0.4 is 0 Å². The molecule has 3 aliphatic heterocycles. The molecular weight excluding hydrogens is 334 g/mol. The predicted molar refractivity (Wildman–Crippen MR) is 95.9 cm³/mol. The number of piperazine rings is 1. The summed E-state index contributed by atoms with van der Waals surface area (Å²) in [5.74, 6) is 0.398. The number of methoxy groups -OCH3 is 1. The molecule has 1 spiro atoms. The molecule has 7 nitrogen and oxygen atoms in total. The van der Waals surface area contributed by atoms with Crippen molar-refractivity contribution in [3.05, 3.63) is 29.8 Å². The summed E-state index contributed by atoms with van der Waals surface area (Å²) in [6.07, 6.45) is 0. The van der Waals surface area contributed by atoms with Crippen molar-refractivity contribution < 1.29 is 19.4 Å². The Morgan fingerprint density at radius 1 is 1.35 bits per heavy atom. The number of likely N-dealkylation sites (tertiary alicyclic amines) is 1. The van der Waals surface area contributed by atoms with Crippen molar-refractivity contribution in [3.8, 4) is 5.75 Å². The number of para-hydroxylation sites is 1. The van der Waals surface area contributed by atoms with Gasteiger partial charge in [-0.15, -0.1) is 0 Å². The van der Waals surface area contributed by atoms with E-state index in [4.69, 9.17) is 9.47 Å². The van der Waals surface area contributed by atoms with Crippen LogP contribution >= 0.6 is 0 Å². The number of carbonyl (C=O) groups is 1. The number of aromatic hydroxyl groups is 1. The highest BCUT2D eigenvalue weighted by Crippen LogP contribution is 2.37. The number of phenolic OH excluding ortho intramolecular Hbond substituents is 1. The fraction of sp³-hybridized carbons (Fsp3) is 0.632. The van der Waals surface area contributed by atoms with Gasteiger partial charge in [0.05, 0.1) is 24.8 Å². The van der Waals surface area contributed by atoms with Crippen LogP contribution in [0.3, 0.4) is 0 Å². The SMILES string of the molecule is COCC(=O)N1C[C@@H]2COCCN2C2(CN(Cc3ccccc3O)C2)C1. The third-order valence-corrected chi connectivity index (χ3v) is 5.80. The van der Waals surface area contributed by atoms with E-state index in [-0.39, 0.29) is 24.1 Å². The van der Waals surface area contributed by atoms with Crippen molar-refractivity contribution in [1.82, 2.24) is 14.7 Å². The zero-order chi connectivity index (χ0) is 18.1. The topological polar surface area (TPSA) is 65.5 Å². The van der Waals surface area contributed by atoms with Crippen LogP contribution in [0.15, 0.2) is 24.3 Å². The van der Waals surface area contributed by atoms with Gasteiger partial charge in [-0.05, 0) is 6.07 Å². The van der Waals surface area contributed by atoms with Crippen molar-refractivity contribution >= 4 is 5.91 Å². The Morgan fingerprint density at radius 3 is 2.92 bits per heavy atom. The summed E-state index contributed by atoms with van der Waals surface area (Å²) in [4.78, 5) is 19.2. The lowest BCUT2D eigenvalue weighted by molar-refractivity contribution is -0.177. The standard InChI is InChI=1S/C19H27N3O4/c1-25-11-18(24)21-9-16-10-26-7-6-22(16)19(14-21)12-20(13-19)8-15-4-2-3-5-17(15)23/h2-5,16,23H,6-14H2,1H3/t16-/m1/s1. The smallest absolute Gasteiger partial charge is 0.248 e. The van der Waals surface area contributed by atoms with Crippen LogP contribution in [0.25, 0.3) is 0 Å². The number of benzene rings is 1. The van der Waals surface area contributed by atoms with Crippen molar-refractivity contribution in [1.29, 1.82) is 0 Å². The van der Waals surface area contributed by atoms with Gasteiger partial charge in [-0.3, -0.25) is 14.6 Å². The van der Waals surface area contributed by atoms with Gasteiger partial charge in [-0.2, -0.15) is 0 Å².